The van der Waals surface area contributed by atoms with E-state index in [0.29, 0.717) is 30.6 Å². The summed E-state index contributed by atoms with van der Waals surface area (Å²) in [5.41, 5.74) is 1.15. The van der Waals surface area contributed by atoms with E-state index in [4.69, 9.17) is 0 Å². The van der Waals surface area contributed by atoms with Crippen LogP contribution in [0.25, 0.3) is 5.65 Å². The first-order chi connectivity index (χ1) is 13.2. The Bertz CT molecular complexity index is 960. The monoisotopic (exact) mass is 497 g/mol. The van der Waals surface area contributed by atoms with E-state index in [0.717, 1.165) is 5.65 Å². The van der Waals surface area contributed by atoms with Crippen LogP contribution in [0.1, 0.15) is 12.7 Å². The minimum atomic E-state index is -0.406. The Balaban J connectivity index is 0.00000280. The highest BCUT2D eigenvalue weighted by Crippen LogP contribution is 2.08. The van der Waals surface area contributed by atoms with Crippen LogP contribution in [0, 0.1) is 5.82 Å². The molecule has 0 fully saturated rings. The third-order valence-electron chi connectivity index (χ3n) is 3.63. The van der Waals surface area contributed by atoms with E-state index in [9.17, 15) is 9.18 Å². The van der Waals surface area contributed by atoms with E-state index in [1.165, 1.54) is 18.2 Å². The molecular formula is C18H21FIN7O. The maximum atomic E-state index is 13.2. The molecule has 2 aromatic heterocycles. The lowest BCUT2D eigenvalue weighted by molar-refractivity contribution is -0.115. The molecule has 0 saturated heterocycles. The number of carbonyl (C=O) groups excluding carboxylic acids is 1. The number of benzene rings is 1. The molecule has 28 heavy (non-hydrogen) atoms. The number of nitrogens with one attached hydrogen (secondary N) is 3. The molecule has 0 aliphatic heterocycles. The van der Waals surface area contributed by atoms with Crippen LogP contribution >= 0.6 is 24.0 Å². The van der Waals surface area contributed by atoms with Gasteiger partial charge in [0.15, 0.2) is 17.4 Å². The van der Waals surface area contributed by atoms with Gasteiger partial charge in [0.05, 0.1) is 6.54 Å². The number of fused-ring (bicyclic) bond motifs is 1. The molecule has 0 unspecified atom stereocenters. The Morgan fingerprint density at radius 3 is 2.82 bits per heavy atom. The molecule has 0 bridgehead atoms. The molecular weight excluding hydrogens is 476 g/mol. The van der Waals surface area contributed by atoms with Crippen LogP contribution in [0.5, 0.6) is 0 Å². The van der Waals surface area contributed by atoms with Crippen molar-refractivity contribution in [3.05, 3.63) is 60.3 Å². The maximum Gasteiger partial charge on any atom is 0.243 e. The number of aliphatic imine (C=N–C) groups is 1. The number of nitrogens with zero attached hydrogens (tertiary/aromatic N) is 4. The lowest BCUT2D eigenvalue weighted by atomic mass is 10.3. The number of carbonyl (C=O) groups is 1. The maximum absolute atomic E-state index is 13.2. The molecule has 0 atom stereocenters. The smallest absolute Gasteiger partial charge is 0.243 e. The molecule has 10 heteroatoms. The first kappa shape index (κ1) is 21.5. The molecule has 8 nitrogen and oxygen atoms in total. The molecule has 0 aliphatic rings. The molecule has 148 valence electrons. The summed E-state index contributed by atoms with van der Waals surface area (Å²) in [4.78, 5) is 16.5. The second-order valence-corrected chi connectivity index (χ2v) is 5.65. The summed E-state index contributed by atoms with van der Waals surface area (Å²) in [6, 6.07) is 11.4. The van der Waals surface area contributed by atoms with Crippen molar-refractivity contribution in [3.8, 4) is 0 Å². The summed E-state index contributed by atoms with van der Waals surface area (Å²) < 4.78 is 15.0. The molecule has 3 aromatic rings. The average molecular weight is 497 g/mol. The quantitative estimate of drug-likeness (QED) is 0.276. The predicted molar refractivity (Wildman–Crippen MR) is 116 cm³/mol. The zero-order chi connectivity index (χ0) is 19.1. The summed E-state index contributed by atoms with van der Waals surface area (Å²) >= 11 is 0. The first-order valence-electron chi connectivity index (χ1n) is 8.52. The summed E-state index contributed by atoms with van der Waals surface area (Å²) in [5.74, 6) is 0.446. The van der Waals surface area contributed by atoms with Crippen molar-refractivity contribution < 1.29 is 9.18 Å². The molecule has 2 heterocycles. The van der Waals surface area contributed by atoms with Gasteiger partial charge in [0.1, 0.15) is 12.4 Å². The molecule has 1 aromatic carbocycles. The highest BCUT2D eigenvalue weighted by atomic mass is 127. The zero-order valence-corrected chi connectivity index (χ0v) is 17.6. The molecule has 0 saturated carbocycles. The predicted octanol–water partition coefficient (Wildman–Crippen LogP) is 2.18. The van der Waals surface area contributed by atoms with E-state index in [1.807, 2.05) is 35.7 Å². The molecule has 3 N–H and O–H groups in total. The molecule has 1 amide bonds. The van der Waals surface area contributed by atoms with E-state index in [1.54, 1.807) is 6.07 Å². The van der Waals surface area contributed by atoms with Gasteiger partial charge in [-0.2, -0.15) is 0 Å². The van der Waals surface area contributed by atoms with Crippen LogP contribution in [-0.4, -0.2) is 39.6 Å². The molecule has 0 aliphatic carbocycles. The molecule has 3 rings (SSSR count). The Hall–Kier alpha value is -2.76. The van der Waals surface area contributed by atoms with Gasteiger partial charge in [-0.1, -0.05) is 12.1 Å². The highest BCUT2D eigenvalue weighted by molar-refractivity contribution is 14.0. The highest BCUT2D eigenvalue weighted by Gasteiger charge is 2.07. The van der Waals surface area contributed by atoms with Gasteiger partial charge in [-0.15, -0.1) is 34.2 Å². The van der Waals surface area contributed by atoms with Crippen LogP contribution < -0.4 is 16.0 Å². The van der Waals surface area contributed by atoms with E-state index < -0.39 is 5.82 Å². The van der Waals surface area contributed by atoms with Crippen LogP contribution in [0.4, 0.5) is 10.1 Å². The fourth-order valence-corrected chi connectivity index (χ4v) is 2.43. The number of halogens is 2. The topological polar surface area (TPSA) is 95.7 Å². The van der Waals surface area contributed by atoms with Gasteiger partial charge in [-0.25, -0.2) is 9.38 Å². The Morgan fingerprint density at radius 2 is 2.04 bits per heavy atom. The summed E-state index contributed by atoms with van der Waals surface area (Å²) in [6.07, 6.45) is 1.87. The standard InChI is InChI=1S/C18H20FN7O.HI/c1-2-20-18(21-11-16-25-24-15-8-3-4-9-26(15)16)22-12-17(27)23-14-7-5-6-13(19)10-14;/h3-10H,2,11-12H2,1H3,(H,23,27)(H2,20,21,22);1H. The van der Waals surface area contributed by atoms with Gasteiger partial charge in [-0.05, 0) is 37.3 Å². The van der Waals surface area contributed by atoms with Gasteiger partial charge in [-0.3, -0.25) is 9.20 Å². The van der Waals surface area contributed by atoms with Crippen molar-refractivity contribution in [2.45, 2.75) is 13.5 Å². The van der Waals surface area contributed by atoms with Gasteiger partial charge in [0, 0.05) is 18.4 Å². The van der Waals surface area contributed by atoms with Crippen molar-refractivity contribution in [1.29, 1.82) is 0 Å². The number of aromatic nitrogens is 3. The number of pyridine rings is 1. The van der Waals surface area contributed by atoms with Gasteiger partial charge in [0.2, 0.25) is 5.91 Å². The van der Waals surface area contributed by atoms with Crippen molar-refractivity contribution in [2.75, 3.05) is 18.4 Å². The lowest BCUT2D eigenvalue weighted by Gasteiger charge is -2.11. The minimum absolute atomic E-state index is 0. The van der Waals surface area contributed by atoms with Crippen molar-refractivity contribution in [2.24, 2.45) is 4.99 Å². The Labute approximate surface area is 178 Å². The van der Waals surface area contributed by atoms with E-state index in [2.05, 4.69) is 31.1 Å². The Kier molecular flexibility index (Phi) is 8.11. The lowest BCUT2D eigenvalue weighted by Crippen LogP contribution is -2.41. The second kappa shape index (κ2) is 10.5. The molecule has 0 spiro atoms. The normalized spacial score (nSPS) is 11.0. The first-order valence-corrected chi connectivity index (χ1v) is 8.52. The minimum Gasteiger partial charge on any atom is -0.357 e. The number of amides is 1. The number of hydrogen-bond donors (Lipinski definition) is 3. The number of anilines is 1. The summed E-state index contributed by atoms with van der Waals surface area (Å²) in [5, 5.41) is 16.8. The van der Waals surface area contributed by atoms with Crippen molar-refractivity contribution >= 4 is 47.2 Å². The van der Waals surface area contributed by atoms with E-state index in [-0.39, 0.29) is 36.4 Å². The second-order valence-electron chi connectivity index (χ2n) is 5.65. The fourth-order valence-electron chi connectivity index (χ4n) is 2.43. The van der Waals surface area contributed by atoms with Crippen LogP contribution in [0.2, 0.25) is 0 Å². The van der Waals surface area contributed by atoms with Gasteiger partial charge < -0.3 is 16.0 Å². The zero-order valence-electron chi connectivity index (χ0n) is 15.2. The van der Waals surface area contributed by atoms with Crippen molar-refractivity contribution in [3.63, 3.8) is 0 Å². The fraction of sp³-hybridized carbons (Fsp3) is 0.222. The van der Waals surface area contributed by atoms with Crippen LogP contribution in [0.3, 0.4) is 0 Å². The van der Waals surface area contributed by atoms with Crippen LogP contribution in [-0.2, 0) is 11.3 Å². The number of rotatable bonds is 6. The van der Waals surface area contributed by atoms with Gasteiger partial charge in [0.25, 0.3) is 0 Å². The Morgan fingerprint density at radius 1 is 1.18 bits per heavy atom. The van der Waals surface area contributed by atoms with Crippen LogP contribution in [0.15, 0.2) is 53.7 Å². The third kappa shape index (κ3) is 5.87. The van der Waals surface area contributed by atoms with Crippen molar-refractivity contribution in [1.82, 2.24) is 25.2 Å². The van der Waals surface area contributed by atoms with Gasteiger partial charge >= 0.3 is 0 Å². The summed E-state index contributed by atoms with van der Waals surface area (Å²) in [7, 11) is 0. The average Bonchev–Trinajstić information content (AvgIpc) is 3.07. The largest absolute Gasteiger partial charge is 0.357 e. The third-order valence-corrected chi connectivity index (χ3v) is 3.63. The SMILES string of the molecule is CCNC(=NCc1nnc2ccccn12)NCC(=O)Nc1cccc(F)c1.I. The number of guanidine groups is 1. The summed E-state index contributed by atoms with van der Waals surface area (Å²) in [6.45, 7) is 2.85. The van der Waals surface area contributed by atoms with E-state index >= 15 is 0 Å². The molecule has 0 radical (unpaired) electrons. The number of hydrogen-bond acceptors (Lipinski definition) is 4.